The summed E-state index contributed by atoms with van der Waals surface area (Å²) in [5, 5.41) is 4.78. The van der Waals surface area contributed by atoms with Crippen LogP contribution in [0, 0.1) is 13.8 Å². The normalized spacial score (nSPS) is 12.4. The van der Waals surface area contributed by atoms with E-state index < -0.39 is 0 Å². The van der Waals surface area contributed by atoms with Gasteiger partial charge in [0.1, 0.15) is 5.82 Å². The van der Waals surface area contributed by atoms with Gasteiger partial charge in [-0.05, 0) is 162 Å². The number of nitrogens with zero attached hydrogens (tertiary/aromatic N) is 12. The van der Waals surface area contributed by atoms with Crippen molar-refractivity contribution in [2.45, 2.75) is 123 Å². The predicted molar refractivity (Wildman–Crippen MR) is 428 cm³/mol. The zero-order valence-electron chi connectivity index (χ0n) is 60.0. The van der Waals surface area contributed by atoms with Gasteiger partial charge in [0.25, 0.3) is 0 Å². The van der Waals surface area contributed by atoms with Gasteiger partial charge in [0.2, 0.25) is 0 Å². The molecule has 0 atom stereocenters. The molecule has 0 radical (unpaired) electrons. The molecule has 0 amide bonds. The number of aromatic nitrogens is 12. The Morgan fingerprint density at radius 2 is 0.610 bits per heavy atom. The van der Waals surface area contributed by atoms with Gasteiger partial charge >= 0.3 is 0 Å². The first-order valence-electron chi connectivity index (χ1n) is 37.5. The molecule has 0 saturated carbocycles. The number of fused-ring (bicyclic) bond motifs is 9. The average molecular weight is 1370 g/mol. The molecule has 514 valence electrons. The molecule has 1 aliphatic rings. The fraction of sp³-hybridized carbons (Fsp3) is 0.204. The standard InChI is InChI=1S/C93H82N12/c1-5-7-9-11-13-23-41-93(42-24-14-12-10-8-6-2)82-43-61(3)33-37-76(82)77-38-34-63(50-83(77)93)90-98-55-71(56-99-90)68-45-69(49-75(48-68)105-88-31-21-17-27-80(88)81-28-18-22-32-89(81)105)73-59-102-92(103-60-73)65-36-40-85(97-52-65)84-39-35-64(51-96-84)91-100-57-72(58-101-91)67-44-66(70-53-94-62(4)95-54-70)46-74(47-67)104-86-29-19-15-25-78(86)79-26-16-20-30-87(79)104/h15-22,25-40,43-60H,5-14,23-24,41-42H2,1-4H3. The Morgan fingerprint density at radius 3 is 1.00 bits per heavy atom. The average Bonchev–Trinajstić information content (AvgIpc) is 1.60. The SMILES string of the molecule is CCCCCCCCC1(CCCCCCCC)c2cc(C)ccc2-c2ccc(-c3ncc(-c4cc(-c5cnc(-c6ccc(-c7ccc(-c8ncc(-c9cc(-c%10cnc(C)nc%10)cc(-n%10c%11ccccc%11c%11ccccc%11%10)c9)cn8)cn7)nc6)nc5)cc(-n5c6ccccc6c6ccccc65)c4)cn3)cc21. The predicted octanol–water partition coefficient (Wildman–Crippen LogP) is 23.6. The minimum Gasteiger partial charge on any atom is -0.309 e. The van der Waals surface area contributed by atoms with Crippen molar-refractivity contribution in [3.05, 3.63) is 279 Å². The Hall–Kier alpha value is -12.0. The molecule has 0 bridgehead atoms. The van der Waals surface area contributed by atoms with Crippen LogP contribution in [0.1, 0.15) is 126 Å². The van der Waals surface area contributed by atoms with Gasteiger partial charge in [0.05, 0.1) is 33.5 Å². The summed E-state index contributed by atoms with van der Waals surface area (Å²) >= 11 is 0. The first kappa shape index (κ1) is 66.2. The highest BCUT2D eigenvalue weighted by Gasteiger charge is 2.42. The van der Waals surface area contributed by atoms with E-state index in [-0.39, 0.29) is 5.41 Å². The van der Waals surface area contributed by atoms with E-state index in [0.717, 1.165) is 131 Å². The molecule has 8 aromatic carbocycles. The molecule has 12 nitrogen and oxygen atoms in total. The molecule has 8 aromatic heterocycles. The number of aryl methyl sites for hydroxylation is 2. The highest BCUT2D eigenvalue weighted by Crippen LogP contribution is 2.55. The van der Waals surface area contributed by atoms with Crippen LogP contribution in [-0.2, 0) is 5.41 Å². The minimum absolute atomic E-state index is 0.0447. The molecule has 0 aliphatic heterocycles. The molecule has 105 heavy (non-hydrogen) atoms. The second kappa shape index (κ2) is 29.0. The fourth-order valence-electron chi connectivity index (χ4n) is 16.2. The second-order valence-electron chi connectivity index (χ2n) is 28.5. The molecule has 0 saturated heterocycles. The molecular formula is C93H82N12. The molecule has 17 rings (SSSR count). The van der Waals surface area contributed by atoms with Gasteiger partial charge in [-0.1, -0.05) is 200 Å². The van der Waals surface area contributed by atoms with Crippen LogP contribution in [0.3, 0.4) is 0 Å². The summed E-state index contributed by atoms with van der Waals surface area (Å²) < 4.78 is 4.69. The van der Waals surface area contributed by atoms with Crippen LogP contribution in [0.25, 0.3) is 156 Å². The van der Waals surface area contributed by atoms with Crippen LogP contribution < -0.4 is 0 Å². The number of para-hydroxylation sites is 4. The van der Waals surface area contributed by atoms with Crippen LogP contribution in [-0.4, -0.2) is 59.0 Å². The zero-order valence-corrected chi connectivity index (χ0v) is 60.0. The van der Waals surface area contributed by atoms with E-state index in [9.17, 15) is 0 Å². The van der Waals surface area contributed by atoms with Crippen LogP contribution in [0.15, 0.2) is 256 Å². The van der Waals surface area contributed by atoms with Gasteiger partial charge in [0.15, 0.2) is 17.5 Å². The van der Waals surface area contributed by atoms with Crippen molar-refractivity contribution in [3.63, 3.8) is 0 Å². The maximum atomic E-state index is 5.23. The van der Waals surface area contributed by atoms with Crippen LogP contribution >= 0.6 is 0 Å². The molecule has 0 N–H and O–H groups in total. The number of hydrogen-bond acceptors (Lipinski definition) is 10. The summed E-state index contributed by atoms with van der Waals surface area (Å²) in [7, 11) is 0. The maximum Gasteiger partial charge on any atom is 0.160 e. The van der Waals surface area contributed by atoms with Crippen molar-refractivity contribution in [2.75, 3.05) is 0 Å². The topological polar surface area (TPSA) is 139 Å². The minimum atomic E-state index is -0.0447. The van der Waals surface area contributed by atoms with E-state index in [2.05, 4.69) is 210 Å². The first-order valence-corrected chi connectivity index (χ1v) is 37.5. The lowest BCUT2D eigenvalue weighted by Gasteiger charge is -2.33. The summed E-state index contributed by atoms with van der Waals surface area (Å²) in [6.07, 6.45) is 36.7. The van der Waals surface area contributed by atoms with Crippen molar-refractivity contribution in [3.8, 4) is 113 Å². The van der Waals surface area contributed by atoms with Gasteiger partial charge in [0, 0.05) is 139 Å². The Balaban J connectivity index is 0.640. The van der Waals surface area contributed by atoms with Crippen LogP contribution in [0.4, 0.5) is 0 Å². The molecule has 8 heterocycles. The maximum absolute atomic E-state index is 5.23. The molecule has 12 heteroatoms. The lowest BCUT2D eigenvalue weighted by atomic mass is 9.70. The summed E-state index contributed by atoms with van der Waals surface area (Å²) in [5.41, 5.74) is 25.1. The molecule has 1 aliphatic carbocycles. The van der Waals surface area contributed by atoms with Crippen molar-refractivity contribution in [1.82, 2.24) is 59.0 Å². The highest BCUT2D eigenvalue weighted by atomic mass is 15.0. The lowest BCUT2D eigenvalue weighted by Crippen LogP contribution is -2.25. The van der Waals surface area contributed by atoms with Gasteiger partial charge in [-0.2, -0.15) is 0 Å². The van der Waals surface area contributed by atoms with E-state index in [1.807, 2.05) is 87.0 Å². The molecule has 16 aromatic rings. The Labute approximate surface area is 613 Å². The summed E-state index contributed by atoms with van der Waals surface area (Å²) in [4.78, 5) is 49.1. The van der Waals surface area contributed by atoms with E-state index >= 15 is 0 Å². The van der Waals surface area contributed by atoms with Gasteiger partial charge in [-0.15, -0.1) is 0 Å². The van der Waals surface area contributed by atoms with Gasteiger partial charge in [-0.3, -0.25) is 9.97 Å². The van der Waals surface area contributed by atoms with Gasteiger partial charge in [-0.25, -0.2) is 39.9 Å². The second-order valence-corrected chi connectivity index (χ2v) is 28.5. The molecule has 0 spiro atoms. The van der Waals surface area contributed by atoms with E-state index in [0.29, 0.717) is 11.6 Å². The van der Waals surface area contributed by atoms with Crippen LogP contribution in [0.5, 0.6) is 0 Å². The third kappa shape index (κ3) is 12.9. The summed E-state index contributed by atoms with van der Waals surface area (Å²) in [6.45, 7) is 8.78. The fourth-order valence-corrected chi connectivity index (χ4v) is 16.2. The third-order valence-corrected chi connectivity index (χ3v) is 21.6. The monoisotopic (exact) mass is 1370 g/mol. The van der Waals surface area contributed by atoms with E-state index in [1.165, 1.54) is 126 Å². The van der Waals surface area contributed by atoms with Crippen LogP contribution in [0.2, 0.25) is 0 Å². The van der Waals surface area contributed by atoms with Crippen molar-refractivity contribution in [2.24, 2.45) is 0 Å². The summed E-state index contributed by atoms with van der Waals surface area (Å²) in [5.74, 6) is 2.58. The number of hydrogen-bond donors (Lipinski definition) is 0. The van der Waals surface area contributed by atoms with E-state index in [4.69, 9.17) is 39.9 Å². The van der Waals surface area contributed by atoms with Crippen molar-refractivity contribution < 1.29 is 0 Å². The number of unbranched alkanes of at least 4 members (excludes halogenated alkanes) is 10. The quantitative estimate of drug-likeness (QED) is 0.0537. The third-order valence-electron chi connectivity index (χ3n) is 21.6. The molecule has 0 fully saturated rings. The van der Waals surface area contributed by atoms with Gasteiger partial charge < -0.3 is 9.13 Å². The molecular weight excluding hydrogens is 1290 g/mol. The zero-order chi connectivity index (χ0) is 70.8. The van der Waals surface area contributed by atoms with E-state index in [1.54, 1.807) is 6.20 Å². The Morgan fingerprint density at radius 1 is 0.276 bits per heavy atom. The Kier molecular flexibility index (Phi) is 18.3. The highest BCUT2D eigenvalue weighted by molar-refractivity contribution is 6.10. The number of benzene rings is 8. The van der Waals surface area contributed by atoms with Crippen molar-refractivity contribution >= 4 is 43.6 Å². The lowest BCUT2D eigenvalue weighted by molar-refractivity contribution is 0.398. The first-order chi connectivity index (χ1) is 51.7. The Bertz CT molecular complexity index is 5700. The number of rotatable bonds is 24. The number of pyridine rings is 2. The molecule has 0 unspecified atom stereocenters. The van der Waals surface area contributed by atoms with Crippen molar-refractivity contribution in [1.29, 1.82) is 0 Å². The summed E-state index contributed by atoms with van der Waals surface area (Å²) in [6, 6.07) is 69.8. The largest absolute Gasteiger partial charge is 0.309 e. The smallest absolute Gasteiger partial charge is 0.160 e.